The van der Waals surface area contributed by atoms with Gasteiger partial charge < -0.3 is 20.0 Å². The van der Waals surface area contributed by atoms with Gasteiger partial charge in [-0.2, -0.15) is 4.98 Å². The van der Waals surface area contributed by atoms with Crippen LogP contribution in [0.3, 0.4) is 0 Å². The van der Waals surface area contributed by atoms with Crippen LogP contribution in [-0.2, 0) is 0 Å². The molecule has 1 aromatic carbocycles. The second-order valence-corrected chi connectivity index (χ2v) is 6.47. The van der Waals surface area contributed by atoms with Crippen LogP contribution in [0.5, 0.6) is 0 Å². The molecule has 1 aliphatic heterocycles. The normalized spacial score (nSPS) is 14.3. The predicted octanol–water partition coefficient (Wildman–Crippen LogP) is 2.34. The van der Waals surface area contributed by atoms with Gasteiger partial charge in [-0.3, -0.25) is 0 Å². The maximum Gasteiger partial charge on any atom is 0.321 e. The van der Waals surface area contributed by atoms with Crippen molar-refractivity contribution < 1.29 is 9.18 Å². The number of amides is 2. The molecule has 0 bridgehead atoms. The van der Waals surface area contributed by atoms with Crippen molar-refractivity contribution in [2.75, 3.05) is 55.4 Å². The van der Waals surface area contributed by atoms with Crippen molar-refractivity contribution in [3.05, 3.63) is 41.8 Å². The number of hydrogen-bond acceptors (Lipinski definition) is 5. The zero-order chi connectivity index (χ0) is 18.7. The lowest BCUT2D eigenvalue weighted by molar-refractivity contribution is 0.208. The van der Waals surface area contributed by atoms with E-state index in [2.05, 4.69) is 20.2 Å². The minimum absolute atomic E-state index is 0.185. The van der Waals surface area contributed by atoms with Gasteiger partial charge in [-0.05, 0) is 31.2 Å². The highest BCUT2D eigenvalue weighted by Crippen LogP contribution is 2.18. The van der Waals surface area contributed by atoms with Gasteiger partial charge in [0.05, 0.1) is 0 Å². The number of nitrogens with one attached hydrogen (secondary N) is 1. The number of halogens is 1. The zero-order valence-electron chi connectivity index (χ0n) is 15.2. The van der Waals surface area contributed by atoms with E-state index < -0.39 is 0 Å². The number of hydrogen-bond donors (Lipinski definition) is 1. The van der Waals surface area contributed by atoms with Gasteiger partial charge in [-0.1, -0.05) is 0 Å². The number of aromatic nitrogens is 2. The van der Waals surface area contributed by atoms with Gasteiger partial charge in [0.1, 0.15) is 11.6 Å². The zero-order valence-corrected chi connectivity index (χ0v) is 15.2. The molecule has 0 saturated carbocycles. The van der Waals surface area contributed by atoms with Crippen molar-refractivity contribution in [3.8, 4) is 0 Å². The maximum absolute atomic E-state index is 12.9. The van der Waals surface area contributed by atoms with Crippen molar-refractivity contribution in [2.45, 2.75) is 6.92 Å². The van der Waals surface area contributed by atoms with Crippen molar-refractivity contribution >= 4 is 23.5 Å². The fourth-order valence-corrected chi connectivity index (χ4v) is 2.75. The van der Waals surface area contributed by atoms with Gasteiger partial charge in [0.2, 0.25) is 5.95 Å². The predicted molar refractivity (Wildman–Crippen MR) is 100 cm³/mol. The van der Waals surface area contributed by atoms with Crippen LogP contribution < -0.4 is 15.1 Å². The number of urea groups is 1. The summed E-state index contributed by atoms with van der Waals surface area (Å²) in [6, 6.07) is 7.50. The summed E-state index contributed by atoms with van der Waals surface area (Å²) in [6.07, 6.45) is 0. The fraction of sp³-hybridized carbons (Fsp3) is 0.389. The summed E-state index contributed by atoms with van der Waals surface area (Å²) in [4.78, 5) is 27.2. The number of aryl methyl sites for hydroxylation is 1. The Kier molecular flexibility index (Phi) is 5.20. The quantitative estimate of drug-likeness (QED) is 0.912. The van der Waals surface area contributed by atoms with Crippen molar-refractivity contribution in [2.24, 2.45) is 0 Å². The molecule has 1 aromatic heterocycles. The summed E-state index contributed by atoms with van der Waals surface area (Å²) in [5.41, 5.74) is 1.49. The lowest BCUT2D eigenvalue weighted by atomic mass is 10.3. The van der Waals surface area contributed by atoms with Crippen LogP contribution in [0.4, 0.5) is 26.6 Å². The molecule has 3 rings (SSSR count). The van der Waals surface area contributed by atoms with Gasteiger partial charge in [0, 0.05) is 57.7 Å². The molecule has 2 aromatic rings. The Hall–Kier alpha value is -2.90. The van der Waals surface area contributed by atoms with E-state index >= 15 is 0 Å². The highest BCUT2D eigenvalue weighted by molar-refractivity contribution is 5.89. The first kappa shape index (κ1) is 17.9. The molecule has 26 heavy (non-hydrogen) atoms. The largest absolute Gasteiger partial charge is 0.363 e. The molecule has 7 nitrogen and oxygen atoms in total. The Morgan fingerprint density at radius 1 is 1.12 bits per heavy atom. The van der Waals surface area contributed by atoms with E-state index in [9.17, 15) is 9.18 Å². The lowest BCUT2D eigenvalue weighted by Crippen LogP contribution is -2.50. The second-order valence-electron chi connectivity index (χ2n) is 6.47. The van der Waals surface area contributed by atoms with E-state index in [1.807, 2.05) is 32.0 Å². The van der Waals surface area contributed by atoms with Crippen molar-refractivity contribution in [3.63, 3.8) is 0 Å². The number of nitrogens with zero attached hydrogens (tertiary/aromatic N) is 5. The van der Waals surface area contributed by atoms with E-state index in [4.69, 9.17) is 0 Å². The summed E-state index contributed by atoms with van der Waals surface area (Å²) >= 11 is 0. The summed E-state index contributed by atoms with van der Waals surface area (Å²) < 4.78 is 12.9. The number of benzene rings is 1. The fourth-order valence-electron chi connectivity index (χ4n) is 2.75. The molecule has 8 heteroatoms. The summed E-state index contributed by atoms with van der Waals surface area (Å²) in [6.45, 7) is 4.41. The van der Waals surface area contributed by atoms with Gasteiger partial charge in [-0.25, -0.2) is 14.2 Å². The highest BCUT2D eigenvalue weighted by Gasteiger charge is 2.23. The van der Waals surface area contributed by atoms with Gasteiger partial charge in [-0.15, -0.1) is 0 Å². The third-order valence-electron chi connectivity index (χ3n) is 4.23. The summed E-state index contributed by atoms with van der Waals surface area (Å²) in [5, 5.41) is 2.79. The molecule has 1 fully saturated rings. The summed E-state index contributed by atoms with van der Waals surface area (Å²) in [7, 11) is 3.90. The Labute approximate surface area is 152 Å². The Morgan fingerprint density at radius 2 is 1.77 bits per heavy atom. The van der Waals surface area contributed by atoms with E-state index in [0.717, 1.165) is 11.5 Å². The standard InChI is InChI=1S/C18H23FN6O/c1-13-12-16(23(2)3)22-17(20-13)24-8-10-25(11-9-24)18(26)21-15-6-4-14(19)5-7-15/h4-7,12H,8-11H2,1-3H3,(H,21,26). The number of anilines is 3. The van der Waals surface area contributed by atoms with Crippen LogP contribution in [0, 0.1) is 12.7 Å². The number of carbonyl (C=O) groups excluding carboxylic acids is 1. The van der Waals surface area contributed by atoms with Gasteiger partial charge in [0.15, 0.2) is 0 Å². The molecule has 2 heterocycles. The van der Waals surface area contributed by atoms with Crippen LogP contribution >= 0.6 is 0 Å². The number of carbonyl (C=O) groups is 1. The first-order chi connectivity index (χ1) is 12.4. The maximum atomic E-state index is 12.9. The van der Waals surface area contributed by atoms with Crippen molar-refractivity contribution in [1.82, 2.24) is 14.9 Å². The highest BCUT2D eigenvalue weighted by atomic mass is 19.1. The molecule has 0 atom stereocenters. The molecule has 1 N–H and O–H groups in total. The number of rotatable bonds is 3. The van der Waals surface area contributed by atoms with E-state index in [-0.39, 0.29) is 11.8 Å². The average Bonchev–Trinajstić information content (AvgIpc) is 2.63. The molecule has 0 unspecified atom stereocenters. The molecular formula is C18H23FN6O. The van der Waals surface area contributed by atoms with Crippen LogP contribution in [-0.4, -0.2) is 61.2 Å². The summed E-state index contributed by atoms with van der Waals surface area (Å²) in [5.74, 6) is 1.23. The topological polar surface area (TPSA) is 64.6 Å². The molecule has 1 saturated heterocycles. The van der Waals surface area contributed by atoms with Gasteiger partial charge in [0.25, 0.3) is 0 Å². The first-order valence-electron chi connectivity index (χ1n) is 8.52. The molecule has 0 aliphatic carbocycles. The minimum Gasteiger partial charge on any atom is -0.363 e. The molecule has 138 valence electrons. The van der Waals surface area contributed by atoms with E-state index in [1.54, 1.807) is 17.0 Å². The van der Waals surface area contributed by atoms with E-state index in [1.165, 1.54) is 12.1 Å². The second kappa shape index (κ2) is 7.55. The average molecular weight is 358 g/mol. The smallest absolute Gasteiger partial charge is 0.321 e. The monoisotopic (exact) mass is 358 g/mol. The van der Waals surface area contributed by atoms with Crippen LogP contribution in [0.2, 0.25) is 0 Å². The van der Waals surface area contributed by atoms with E-state index in [0.29, 0.717) is 37.8 Å². The molecule has 0 spiro atoms. The third-order valence-corrected chi connectivity index (χ3v) is 4.23. The molecule has 1 aliphatic rings. The first-order valence-corrected chi connectivity index (χ1v) is 8.52. The van der Waals surface area contributed by atoms with Crippen molar-refractivity contribution in [1.29, 1.82) is 0 Å². The van der Waals surface area contributed by atoms with Gasteiger partial charge >= 0.3 is 6.03 Å². The Bertz CT molecular complexity index is 772. The lowest BCUT2D eigenvalue weighted by Gasteiger charge is -2.35. The minimum atomic E-state index is -0.327. The molecule has 2 amide bonds. The third kappa shape index (κ3) is 4.19. The van der Waals surface area contributed by atoms with Crippen LogP contribution in [0.1, 0.15) is 5.69 Å². The SMILES string of the molecule is Cc1cc(N(C)C)nc(N2CCN(C(=O)Nc3ccc(F)cc3)CC2)n1. The molecule has 0 radical (unpaired) electrons. The Morgan fingerprint density at radius 3 is 2.38 bits per heavy atom. The van der Waals surface area contributed by atoms with Crippen LogP contribution in [0.25, 0.3) is 0 Å². The number of piperazine rings is 1. The molecular weight excluding hydrogens is 335 g/mol. The van der Waals surface area contributed by atoms with Crippen LogP contribution in [0.15, 0.2) is 30.3 Å². The Balaban J connectivity index is 1.60.